The van der Waals surface area contributed by atoms with Crippen molar-refractivity contribution in [2.45, 2.75) is 0 Å². The highest BCUT2D eigenvalue weighted by Crippen LogP contribution is 2.29. The van der Waals surface area contributed by atoms with Gasteiger partial charge in [-0.1, -0.05) is 34.1 Å². The van der Waals surface area contributed by atoms with Crippen molar-refractivity contribution in [1.29, 1.82) is 0 Å². The minimum Gasteiger partial charge on any atom is -0.488 e. The molecule has 2 aliphatic heterocycles. The average molecular weight is 427 g/mol. The van der Waals surface area contributed by atoms with Gasteiger partial charge < -0.3 is 14.5 Å². The smallest absolute Gasteiger partial charge is 0.253 e. The molecule has 0 bridgehead atoms. The van der Waals surface area contributed by atoms with Gasteiger partial charge in [0.25, 0.3) is 11.8 Å². The summed E-state index contributed by atoms with van der Waals surface area (Å²) in [5, 5.41) is 0. The van der Waals surface area contributed by atoms with Crippen molar-refractivity contribution in [2.75, 3.05) is 32.8 Å². The van der Waals surface area contributed by atoms with Crippen molar-refractivity contribution in [3.63, 3.8) is 0 Å². The van der Waals surface area contributed by atoms with Gasteiger partial charge in [0, 0.05) is 41.8 Å². The van der Waals surface area contributed by atoms with E-state index in [4.69, 9.17) is 4.74 Å². The van der Waals surface area contributed by atoms with Gasteiger partial charge in [-0.25, -0.2) is 0 Å². The van der Waals surface area contributed by atoms with E-state index in [1.165, 1.54) is 0 Å². The van der Waals surface area contributed by atoms with Crippen LogP contribution in [0, 0.1) is 0 Å². The normalized spacial score (nSPS) is 16.3. The molecule has 2 aliphatic rings. The van der Waals surface area contributed by atoms with Crippen molar-refractivity contribution in [1.82, 2.24) is 9.80 Å². The molecule has 2 amide bonds. The van der Waals surface area contributed by atoms with E-state index < -0.39 is 0 Å². The van der Waals surface area contributed by atoms with Gasteiger partial charge >= 0.3 is 0 Å². The maximum Gasteiger partial charge on any atom is 0.253 e. The number of ether oxygens (including phenoxy) is 1. The van der Waals surface area contributed by atoms with Crippen molar-refractivity contribution in [2.24, 2.45) is 0 Å². The molecule has 1 fully saturated rings. The van der Waals surface area contributed by atoms with Gasteiger partial charge in [-0.3, -0.25) is 9.59 Å². The minimum absolute atomic E-state index is 0.0155. The van der Waals surface area contributed by atoms with Gasteiger partial charge in [-0.2, -0.15) is 0 Å². The first-order chi connectivity index (χ1) is 13.1. The fourth-order valence-electron chi connectivity index (χ4n) is 3.35. The molecule has 2 aromatic rings. The van der Waals surface area contributed by atoms with E-state index in [9.17, 15) is 9.59 Å². The van der Waals surface area contributed by atoms with E-state index in [2.05, 4.69) is 15.9 Å². The summed E-state index contributed by atoms with van der Waals surface area (Å²) < 4.78 is 6.67. The highest BCUT2D eigenvalue weighted by Gasteiger charge is 2.28. The zero-order chi connectivity index (χ0) is 18.8. The number of hydrogen-bond acceptors (Lipinski definition) is 3. The number of halogens is 1. The number of benzene rings is 2. The molecule has 4 rings (SSSR count). The lowest BCUT2D eigenvalue weighted by molar-refractivity contribution is -0.128. The number of nitrogens with zero attached hydrogens (tertiary/aromatic N) is 2. The molecule has 2 aromatic carbocycles. The van der Waals surface area contributed by atoms with Gasteiger partial charge in [0.05, 0.1) is 5.57 Å². The van der Waals surface area contributed by atoms with Crippen LogP contribution in [0.1, 0.15) is 15.9 Å². The second kappa shape index (κ2) is 7.56. The summed E-state index contributed by atoms with van der Waals surface area (Å²) in [5.74, 6) is 0.780. The molecule has 27 heavy (non-hydrogen) atoms. The lowest BCUT2D eigenvalue weighted by Crippen LogP contribution is -2.51. The Labute approximate surface area is 166 Å². The fourth-order valence-corrected chi connectivity index (χ4v) is 3.73. The first-order valence-corrected chi connectivity index (χ1v) is 9.67. The Hall–Kier alpha value is -2.60. The third-order valence-corrected chi connectivity index (χ3v) is 5.33. The summed E-state index contributed by atoms with van der Waals surface area (Å²) >= 11 is 3.45. The van der Waals surface area contributed by atoms with Gasteiger partial charge in [-0.05, 0) is 36.4 Å². The largest absolute Gasteiger partial charge is 0.488 e. The molecule has 0 unspecified atom stereocenters. The number of hydrogen-bond donors (Lipinski definition) is 0. The van der Waals surface area contributed by atoms with E-state index in [1.807, 2.05) is 54.6 Å². The fraction of sp³-hybridized carbons (Fsp3) is 0.238. The van der Waals surface area contributed by atoms with Gasteiger partial charge in [0.15, 0.2) is 0 Å². The molecule has 0 radical (unpaired) electrons. The number of carbonyl (C=O) groups is 2. The van der Waals surface area contributed by atoms with Crippen LogP contribution >= 0.6 is 15.9 Å². The topological polar surface area (TPSA) is 49.9 Å². The summed E-state index contributed by atoms with van der Waals surface area (Å²) in [6, 6.07) is 15.0. The molecule has 0 atom stereocenters. The summed E-state index contributed by atoms with van der Waals surface area (Å²) in [5.41, 5.74) is 2.23. The number of rotatable bonds is 2. The maximum absolute atomic E-state index is 12.9. The third-order valence-electron chi connectivity index (χ3n) is 4.83. The van der Waals surface area contributed by atoms with Crippen LogP contribution in [0.25, 0.3) is 6.08 Å². The van der Waals surface area contributed by atoms with Crippen LogP contribution in [0.5, 0.6) is 5.75 Å². The van der Waals surface area contributed by atoms with Crippen LogP contribution in [0.4, 0.5) is 0 Å². The van der Waals surface area contributed by atoms with Gasteiger partial charge in [0.1, 0.15) is 12.4 Å². The van der Waals surface area contributed by atoms with E-state index in [1.54, 1.807) is 9.80 Å². The second-order valence-corrected chi connectivity index (χ2v) is 7.51. The van der Waals surface area contributed by atoms with Crippen molar-refractivity contribution >= 4 is 33.8 Å². The predicted molar refractivity (Wildman–Crippen MR) is 107 cm³/mol. The Morgan fingerprint density at radius 3 is 2.26 bits per heavy atom. The molecular formula is C21H19BrN2O3. The van der Waals surface area contributed by atoms with Crippen LogP contribution < -0.4 is 4.74 Å². The molecule has 0 aromatic heterocycles. The minimum atomic E-state index is -0.0209. The Balaban J connectivity index is 1.41. The van der Waals surface area contributed by atoms with Gasteiger partial charge in [0.2, 0.25) is 0 Å². The van der Waals surface area contributed by atoms with Crippen LogP contribution in [0.3, 0.4) is 0 Å². The average Bonchev–Trinajstić information content (AvgIpc) is 2.73. The molecule has 5 nitrogen and oxygen atoms in total. The Morgan fingerprint density at radius 2 is 1.56 bits per heavy atom. The standard InChI is InChI=1S/C21H19BrN2O3/c22-18-6-7-19-16(13-18)12-17(14-27-19)21(26)24-10-8-23(9-11-24)20(25)15-4-2-1-3-5-15/h1-7,12-13H,8-11,14H2. The molecule has 1 saturated heterocycles. The zero-order valence-corrected chi connectivity index (χ0v) is 16.3. The van der Waals surface area contributed by atoms with Gasteiger partial charge in [-0.15, -0.1) is 0 Å². The Bertz CT molecular complexity index is 903. The molecule has 6 heteroatoms. The second-order valence-electron chi connectivity index (χ2n) is 6.59. The quantitative estimate of drug-likeness (QED) is 0.740. The lowest BCUT2D eigenvalue weighted by Gasteiger charge is -2.35. The van der Waals surface area contributed by atoms with Crippen molar-refractivity contribution < 1.29 is 14.3 Å². The van der Waals surface area contributed by atoms with Crippen LogP contribution in [-0.2, 0) is 4.79 Å². The Morgan fingerprint density at radius 1 is 0.889 bits per heavy atom. The Kier molecular flexibility index (Phi) is 4.99. The van der Waals surface area contributed by atoms with Crippen molar-refractivity contribution in [3.05, 3.63) is 69.7 Å². The van der Waals surface area contributed by atoms with E-state index in [0.717, 1.165) is 15.8 Å². The summed E-state index contributed by atoms with van der Waals surface area (Å²) in [7, 11) is 0. The molecule has 138 valence electrons. The van der Waals surface area contributed by atoms with Crippen LogP contribution in [0.15, 0.2) is 58.6 Å². The summed E-state index contributed by atoms with van der Waals surface area (Å²) in [6.07, 6.45) is 1.90. The molecule has 0 aliphatic carbocycles. The third kappa shape index (κ3) is 3.76. The molecule has 0 spiro atoms. The number of fused-ring (bicyclic) bond motifs is 1. The van der Waals surface area contributed by atoms with E-state index in [0.29, 0.717) is 37.3 Å². The maximum atomic E-state index is 12.9. The monoisotopic (exact) mass is 426 g/mol. The lowest BCUT2D eigenvalue weighted by atomic mass is 10.1. The van der Waals surface area contributed by atoms with E-state index in [-0.39, 0.29) is 18.4 Å². The van der Waals surface area contributed by atoms with Crippen LogP contribution in [0.2, 0.25) is 0 Å². The highest BCUT2D eigenvalue weighted by molar-refractivity contribution is 9.10. The first kappa shape index (κ1) is 17.8. The van der Waals surface area contributed by atoms with Crippen molar-refractivity contribution in [3.8, 4) is 5.75 Å². The number of carbonyl (C=O) groups excluding carboxylic acids is 2. The first-order valence-electron chi connectivity index (χ1n) is 8.88. The number of piperazine rings is 1. The number of amides is 2. The molecule has 0 saturated carbocycles. The molecular weight excluding hydrogens is 408 g/mol. The molecule has 0 N–H and O–H groups in total. The predicted octanol–water partition coefficient (Wildman–Crippen LogP) is 3.21. The zero-order valence-electron chi connectivity index (χ0n) is 14.7. The summed E-state index contributed by atoms with van der Waals surface area (Å²) in [6.45, 7) is 2.41. The molecule has 2 heterocycles. The van der Waals surface area contributed by atoms with E-state index >= 15 is 0 Å². The highest BCUT2D eigenvalue weighted by atomic mass is 79.9. The summed E-state index contributed by atoms with van der Waals surface area (Å²) in [4.78, 5) is 29.0. The SMILES string of the molecule is O=C(C1=Cc2cc(Br)ccc2OC1)N1CCN(C(=O)c2ccccc2)CC1. The van der Waals surface area contributed by atoms with Crippen LogP contribution in [-0.4, -0.2) is 54.4 Å².